The van der Waals surface area contributed by atoms with Gasteiger partial charge in [-0.3, -0.25) is 4.79 Å². The molecule has 1 fully saturated rings. The van der Waals surface area contributed by atoms with Gasteiger partial charge in [-0.2, -0.15) is 0 Å². The lowest BCUT2D eigenvalue weighted by Gasteiger charge is -2.22. The van der Waals surface area contributed by atoms with Crippen LogP contribution < -0.4 is 5.32 Å². The highest BCUT2D eigenvalue weighted by atomic mass is 32.2. The van der Waals surface area contributed by atoms with Gasteiger partial charge < -0.3 is 15.0 Å². The van der Waals surface area contributed by atoms with Crippen molar-refractivity contribution in [2.45, 2.75) is 63.4 Å². The number of benzene rings is 1. The van der Waals surface area contributed by atoms with Crippen molar-refractivity contribution >= 4 is 17.7 Å². The van der Waals surface area contributed by atoms with Gasteiger partial charge in [0, 0.05) is 12.6 Å². The first-order valence-electron chi connectivity index (χ1n) is 9.28. The van der Waals surface area contributed by atoms with Crippen LogP contribution in [0.3, 0.4) is 0 Å². The van der Waals surface area contributed by atoms with Crippen LogP contribution in [-0.2, 0) is 17.9 Å². The zero-order chi connectivity index (χ0) is 18.4. The van der Waals surface area contributed by atoms with Crippen molar-refractivity contribution < 1.29 is 9.90 Å². The van der Waals surface area contributed by atoms with Crippen LogP contribution in [0.2, 0.25) is 0 Å². The molecule has 0 bridgehead atoms. The number of nitrogens with zero attached hydrogens (tertiary/aromatic N) is 2. The van der Waals surface area contributed by atoms with Crippen LogP contribution in [0.25, 0.3) is 0 Å². The fourth-order valence-corrected chi connectivity index (χ4v) is 4.13. The normalized spacial score (nSPS) is 15.2. The number of imidazole rings is 1. The average molecular weight is 374 g/mol. The van der Waals surface area contributed by atoms with Gasteiger partial charge in [0.1, 0.15) is 0 Å². The molecule has 0 atom stereocenters. The van der Waals surface area contributed by atoms with Gasteiger partial charge in [-0.15, -0.1) is 0 Å². The second-order valence-corrected chi connectivity index (χ2v) is 7.90. The minimum atomic E-state index is -0.0618. The van der Waals surface area contributed by atoms with E-state index in [1.807, 2.05) is 4.57 Å². The van der Waals surface area contributed by atoms with Crippen molar-refractivity contribution in [1.82, 2.24) is 14.9 Å². The number of hydrogen-bond acceptors (Lipinski definition) is 4. The van der Waals surface area contributed by atoms with Crippen molar-refractivity contribution in [1.29, 1.82) is 0 Å². The third-order valence-corrected chi connectivity index (χ3v) is 5.82. The quantitative estimate of drug-likeness (QED) is 0.731. The third kappa shape index (κ3) is 5.11. The summed E-state index contributed by atoms with van der Waals surface area (Å²) in [7, 11) is 0. The highest BCUT2D eigenvalue weighted by molar-refractivity contribution is 7.99. The van der Waals surface area contributed by atoms with Crippen LogP contribution in [0.5, 0.6) is 0 Å². The van der Waals surface area contributed by atoms with E-state index >= 15 is 0 Å². The van der Waals surface area contributed by atoms with Gasteiger partial charge in [-0.05, 0) is 25.3 Å². The van der Waals surface area contributed by atoms with Crippen LogP contribution in [-0.4, -0.2) is 32.4 Å². The fourth-order valence-electron chi connectivity index (χ4n) is 3.32. The van der Waals surface area contributed by atoms with Crippen LogP contribution >= 0.6 is 11.8 Å². The molecular formula is C20H27N3O2S. The smallest absolute Gasteiger partial charge is 0.230 e. The molecule has 5 nitrogen and oxygen atoms in total. The number of aliphatic hydroxyl groups is 1. The molecule has 0 unspecified atom stereocenters. The lowest BCUT2D eigenvalue weighted by Crippen LogP contribution is -2.37. The molecule has 0 spiro atoms. The zero-order valence-electron chi connectivity index (χ0n) is 15.3. The van der Waals surface area contributed by atoms with Crippen molar-refractivity contribution in [3.8, 4) is 0 Å². The number of thioether (sulfide) groups is 1. The Morgan fingerprint density at radius 1 is 1.27 bits per heavy atom. The van der Waals surface area contributed by atoms with Crippen molar-refractivity contribution in [2.75, 3.05) is 5.75 Å². The summed E-state index contributed by atoms with van der Waals surface area (Å²) >= 11 is 1.43. The molecule has 6 heteroatoms. The molecule has 2 aromatic rings. The number of aryl methyl sites for hydroxylation is 1. The summed E-state index contributed by atoms with van der Waals surface area (Å²) in [6.07, 6.45) is 7.56. The number of carbonyl (C=O) groups is 1. The molecule has 1 aromatic carbocycles. The van der Waals surface area contributed by atoms with Crippen LogP contribution in [0.1, 0.15) is 48.9 Å². The van der Waals surface area contributed by atoms with Gasteiger partial charge >= 0.3 is 0 Å². The highest BCUT2D eigenvalue weighted by Crippen LogP contribution is 2.22. The summed E-state index contributed by atoms with van der Waals surface area (Å²) in [5, 5.41) is 13.5. The van der Waals surface area contributed by atoms with Gasteiger partial charge in [-0.1, -0.05) is 60.9 Å². The number of carbonyl (C=O) groups excluding carboxylic acids is 1. The van der Waals surface area contributed by atoms with Crippen molar-refractivity contribution in [3.05, 3.63) is 47.3 Å². The third-order valence-electron chi connectivity index (χ3n) is 4.83. The molecule has 1 saturated carbocycles. The largest absolute Gasteiger partial charge is 0.390 e. The molecule has 0 aliphatic heterocycles. The molecule has 1 amide bonds. The molecule has 140 valence electrons. The Bertz CT molecular complexity index is 721. The number of rotatable bonds is 7. The van der Waals surface area contributed by atoms with Gasteiger partial charge in [0.2, 0.25) is 5.91 Å². The first kappa shape index (κ1) is 19.0. The average Bonchev–Trinajstić information content (AvgIpc) is 3.04. The number of aliphatic hydroxyl groups excluding tert-OH is 1. The van der Waals surface area contributed by atoms with E-state index in [0.717, 1.165) is 29.3 Å². The monoisotopic (exact) mass is 373 g/mol. The van der Waals surface area contributed by atoms with E-state index in [1.165, 1.54) is 36.6 Å². The van der Waals surface area contributed by atoms with Crippen LogP contribution in [0.15, 0.2) is 35.6 Å². The van der Waals surface area contributed by atoms with E-state index in [4.69, 9.17) is 0 Å². The molecule has 0 saturated heterocycles. The molecule has 3 rings (SSSR count). The molecule has 1 aromatic heterocycles. The number of hydrogen-bond donors (Lipinski definition) is 2. The summed E-state index contributed by atoms with van der Waals surface area (Å²) in [5.74, 6) is 0.420. The Balaban J connectivity index is 1.61. The Morgan fingerprint density at radius 2 is 2.00 bits per heavy atom. The maximum atomic E-state index is 12.2. The van der Waals surface area contributed by atoms with Crippen molar-refractivity contribution in [2.24, 2.45) is 0 Å². The Kier molecular flexibility index (Phi) is 6.74. The molecule has 2 N–H and O–H groups in total. The summed E-state index contributed by atoms with van der Waals surface area (Å²) in [6.45, 7) is 2.64. The lowest BCUT2D eigenvalue weighted by atomic mass is 9.95. The zero-order valence-corrected chi connectivity index (χ0v) is 16.1. The lowest BCUT2D eigenvalue weighted by molar-refractivity contribution is -0.119. The SMILES string of the molecule is Cc1ccc(Cn2c(CO)cnc2SCC(=O)NC2CCCCC2)cc1. The van der Waals surface area contributed by atoms with Crippen molar-refractivity contribution in [3.63, 3.8) is 0 Å². The van der Waals surface area contributed by atoms with Gasteiger partial charge in [0.05, 0.1) is 24.3 Å². The maximum absolute atomic E-state index is 12.2. The Labute approximate surface area is 159 Å². The molecule has 1 heterocycles. The fraction of sp³-hybridized carbons (Fsp3) is 0.500. The predicted molar refractivity (Wildman–Crippen MR) is 104 cm³/mol. The molecule has 26 heavy (non-hydrogen) atoms. The first-order valence-corrected chi connectivity index (χ1v) is 10.3. The number of amides is 1. The summed E-state index contributed by atoms with van der Waals surface area (Å²) < 4.78 is 1.99. The number of aromatic nitrogens is 2. The first-order chi connectivity index (χ1) is 12.7. The topological polar surface area (TPSA) is 67.1 Å². The van der Waals surface area contributed by atoms with Gasteiger partial charge in [0.25, 0.3) is 0 Å². The van der Waals surface area contributed by atoms with E-state index in [9.17, 15) is 9.90 Å². The Morgan fingerprint density at radius 3 is 2.69 bits per heavy atom. The Hall–Kier alpha value is -1.79. The van der Waals surface area contributed by atoms with Crippen LogP contribution in [0.4, 0.5) is 0 Å². The molecule has 1 aliphatic rings. The predicted octanol–water partition coefficient (Wildman–Crippen LogP) is 3.27. The van der Waals surface area contributed by atoms with E-state index in [0.29, 0.717) is 18.3 Å². The van der Waals surface area contributed by atoms with E-state index in [-0.39, 0.29) is 12.5 Å². The molecular weight excluding hydrogens is 346 g/mol. The van der Waals surface area contributed by atoms with Crippen LogP contribution in [0, 0.1) is 6.92 Å². The standard InChI is InChI=1S/C20H27N3O2S/c1-15-7-9-16(10-8-15)12-23-18(13-24)11-21-20(23)26-14-19(25)22-17-5-3-2-4-6-17/h7-11,17,24H,2-6,12-14H2,1H3,(H,22,25). The van der Waals surface area contributed by atoms with E-state index in [1.54, 1.807) is 6.20 Å². The van der Waals surface area contributed by atoms with E-state index < -0.39 is 0 Å². The van der Waals surface area contributed by atoms with Gasteiger partial charge in [0.15, 0.2) is 5.16 Å². The second kappa shape index (κ2) is 9.24. The second-order valence-electron chi connectivity index (χ2n) is 6.95. The minimum absolute atomic E-state index is 0.0618. The molecule has 0 radical (unpaired) electrons. The van der Waals surface area contributed by atoms with E-state index in [2.05, 4.69) is 41.5 Å². The summed E-state index contributed by atoms with van der Waals surface area (Å²) in [6, 6.07) is 8.66. The summed E-state index contributed by atoms with van der Waals surface area (Å²) in [5.41, 5.74) is 3.13. The summed E-state index contributed by atoms with van der Waals surface area (Å²) in [4.78, 5) is 16.7. The minimum Gasteiger partial charge on any atom is -0.390 e. The highest BCUT2D eigenvalue weighted by Gasteiger charge is 2.17. The molecule has 1 aliphatic carbocycles. The number of nitrogens with one attached hydrogen (secondary N) is 1. The maximum Gasteiger partial charge on any atom is 0.230 e. The van der Waals surface area contributed by atoms with Gasteiger partial charge in [-0.25, -0.2) is 4.98 Å².